The van der Waals surface area contributed by atoms with Crippen LogP contribution in [0.2, 0.25) is 0 Å². The fraction of sp³-hybridized carbons (Fsp3) is 0.350. The summed E-state index contributed by atoms with van der Waals surface area (Å²) in [4.78, 5) is 7.99. The lowest BCUT2D eigenvalue weighted by Gasteiger charge is -2.12. The molecule has 4 nitrogen and oxygen atoms in total. The molecule has 0 unspecified atom stereocenters. The summed E-state index contributed by atoms with van der Waals surface area (Å²) >= 11 is 7.21. The van der Waals surface area contributed by atoms with Gasteiger partial charge in [0.1, 0.15) is 11.6 Å². The van der Waals surface area contributed by atoms with Crippen molar-refractivity contribution in [2.75, 3.05) is 13.2 Å². The van der Waals surface area contributed by atoms with Gasteiger partial charge in [0.05, 0.1) is 26.6 Å². The van der Waals surface area contributed by atoms with Crippen molar-refractivity contribution in [2.24, 2.45) is 0 Å². The summed E-state index contributed by atoms with van der Waals surface area (Å²) in [5.74, 6) is 1.93. The molecule has 0 spiro atoms. The van der Waals surface area contributed by atoms with Gasteiger partial charge in [-0.2, -0.15) is 0 Å². The van der Waals surface area contributed by atoms with Gasteiger partial charge in [0.25, 0.3) is 0 Å². The monoisotopic (exact) mass is 479 g/mol. The van der Waals surface area contributed by atoms with Crippen LogP contribution in [0.15, 0.2) is 45.3 Å². The molecule has 6 heteroatoms. The molecule has 0 aliphatic rings. The highest BCUT2D eigenvalue weighted by molar-refractivity contribution is 9.11. The number of aromatic nitrogens is 2. The van der Waals surface area contributed by atoms with Crippen molar-refractivity contribution in [1.82, 2.24) is 15.3 Å². The van der Waals surface area contributed by atoms with Gasteiger partial charge in [-0.15, -0.1) is 0 Å². The summed E-state index contributed by atoms with van der Waals surface area (Å²) in [7, 11) is 0. The molecule has 3 rings (SSSR count). The second-order valence-electron chi connectivity index (χ2n) is 6.22. The third-order valence-corrected chi connectivity index (χ3v) is 5.22. The number of H-pyrrole nitrogens is 1. The second-order valence-corrected chi connectivity index (χ2v) is 7.93. The molecule has 1 heterocycles. The Bertz CT molecular complexity index is 807. The number of aryl methyl sites for hydroxylation is 1. The smallest absolute Gasteiger partial charge is 0.147 e. The van der Waals surface area contributed by atoms with E-state index in [9.17, 15) is 0 Å². The summed E-state index contributed by atoms with van der Waals surface area (Å²) in [5.41, 5.74) is 3.36. The highest BCUT2D eigenvalue weighted by Crippen LogP contribution is 2.34. The maximum absolute atomic E-state index is 5.76. The first-order valence-corrected chi connectivity index (χ1v) is 10.5. The van der Waals surface area contributed by atoms with Gasteiger partial charge in [-0.1, -0.05) is 19.1 Å². The van der Waals surface area contributed by atoms with Crippen LogP contribution < -0.4 is 10.1 Å². The number of hydrogen-bond acceptors (Lipinski definition) is 3. The summed E-state index contributed by atoms with van der Waals surface area (Å²) in [6, 6.07) is 12.4. The molecule has 1 aromatic heterocycles. The van der Waals surface area contributed by atoms with Crippen LogP contribution in [0.5, 0.6) is 5.75 Å². The van der Waals surface area contributed by atoms with E-state index >= 15 is 0 Å². The van der Waals surface area contributed by atoms with E-state index in [-0.39, 0.29) is 0 Å². The van der Waals surface area contributed by atoms with Crippen LogP contribution in [0.25, 0.3) is 11.0 Å². The van der Waals surface area contributed by atoms with E-state index in [1.54, 1.807) is 0 Å². The van der Waals surface area contributed by atoms with Gasteiger partial charge < -0.3 is 15.0 Å². The number of benzene rings is 2. The van der Waals surface area contributed by atoms with Crippen LogP contribution in [-0.2, 0) is 13.0 Å². The van der Waals surface area contributed by atoms with Crippen molar-refractivity contribution in [3.05, 3.63) is 56.7 Å². The molecule has 0 bridgehead atoms. The van der Waals surface area contributed by atoms with E-state index in [1.165, 1.54) is 5.56 Å². The molecule has 0 aliphatic carbocycles. The Morgan fingerprint density at radius 2 is 1.92 bits per heavy atom. The molecule has 26 heavy (non-hydrogen) atoms. The maximum Gasteiger partial charge on any atom is 0.147 e. The zero-order valence-electron chi connectivity index (χ0n) is 14.8. The quantitative estimate of drug-likeness (QED) is 0.392. The van der Waals surface area contributed by atoms with E-state index in [4.69, 9.17) is 4.74 Å². The summed E-state index contributed by atoms with van der Waals surface area (Å²) in [6.45, 7) is 4.59. The van der Waals surface area contributed by atoms with Crippen molar-refractivity contribution in [3.63, 3.8) is 0 Å². The minimum atomic E-state index is 0.719. The lowest BCUT2D eigenvalue weighted by Crippen LogP contribution is -2.15. The fourth-order valence-corrected chi connectivity index (χ4v) is 4.30. The number of hydrogen-bond donors (Lipinski definition) is 2. The normalized spacial score (nSPS) is 11.2. The number of para-hydroxylation sites is 2. The molecular weight excluding hydrogens is 458 g/mol. The average Bonchev–Trinajstić information content (AvgIpc) is 3.03. The van der Waals surface area contributed by atoms with Crippen LogP contribution in [0.3, 0.4) is 0 Å². The molecule has 0 aliphatic heterocycles. The Morgan fingerprint density at radius 3 is 2.65 bits per heavy atom. The zero-order chi connectivity index (χ0) is 18.4. The first kappa shape index (κ1) is 19.4. The van der Waals surface area contributed by atoms with Crippen LogP contribution in [0, 0.1) is 0 Å². The average molecular weight is 481 g/mol. The van der Waals surface area contributed by atoms with Crippen molar-refractivity contribution in [3.8, 4) is 5.75 Å². The molecule has 0 saturated heterocycles. The number of rotatable bonds is 9. The van der Waals surface area contributed by atoms with E-state index in [0.717, 1.165) is 70.5 Å². The highest BCUT2D eigenvalue weighted by atomic mass is 79.9. The standard InChI is InChI=1S/C20H23Br2N3O/c1-2-10-26-20-15(21)11-14(12-16(20)22)13-23-9-5-8-19-24-17-6-3-4-7-18(17)25-19/h3-4,6-7,11-12,23H,2,5,8-10,13H2,1H3,(H,24,25). The molecule has 138 valence electrons. The molecule has 0 radical (unpaired) electrons. The minimum Gasteiger partial charge on any atom is -0.491 e. The van der Waals surface area contributed by atoms with Crippen molar-refractivity contribution in [1.29, 1.82) is 0 Å². The predicted octanol–water partition coefficient (Wildman–Crippen LogP) is 5.60. The van der Waals surface area contributed by atoms with Gasteiger partial charge in [0.15, 0.2) is 0 Å². The molecule has 0 fully saturated rings. The Balaban J connectivity index is 1.46. The van der Waals surface area contributed by atoms with E-state index < -0.39 is 0 Å². The Kier molecular flexibility index (Phi) is 7.11. The molecular formula is C20H23Br2N3O. The summed E-state index contributed by atoms with van der Waals surface area (Å²) in [6.07, 6.45) is 2.98. The Hall–Kier alpha value is -1.37. The number of aromatic amines is 1. The number of imidazole rings is 1. The topological polar surface area (TPSA) is 49.9 Å². The lowest BCUT2D eigenvalue weighted by molar-refractivity contribution is 0.313. The number of nitrogens with zero attached hydrogens (tertiary/aromatic N) is 1. The maximum atomic E-state index is 5.76. The van der Waals surface area contributed by atoms with Crippen LogP contribution in [0.1, 0.15) is 31.2 Å². The number of nitrogens with one attached hydrogen (secondary N) is 2. The van der Waals surface area contributed by atoms with Gasteiger partial charge in [-0.3, -0.25) is 0 Å². The Morgan fingerprint density at radius 1 is 1.15 bits per heavy atom. The van der Waals surface area contributed by atoms with Gasteiger partial charge >= 0.3 is 0 Å². The van der Waals surface area contributed by atoms with Crippen molar-refractivity contribution >= 4 is 42.9 Å². The number of fused-ring (bicyclic) bond motifs is 1. The molecule has 3 aromatic rings. The molecule has 0 amide bonds. The van der Waals surface area contributed by atoms with Gasteiger partial charge in [0.2, 0.25) is 0 Å². The van der Waals surface area contributed by atoms with Crippen molar-refractivity contribution in [2.45, 2.75) is 32.7 Å². The number of ether oxygens (including phenoxy) is 1. The van der Waals surface area contributed by atoms with Crippen molar-refractivity contribution < 1.29 is 4.74 Å². The van der Waals surface area contributed by atoms with Gasteiger partial charge in [0, 0.05) is 13.0 Å². The molecule has 2 aromatic carbocycles. The summed E-state index contributed by atoms with van der Waals surface area (Å²) < 4.78 is 7.74. The molecule has 2 N–H and O–H groups in total. The van der Waals surface area contributed by atoms with E-state index in [0.29, 0.717) is 0 Å². The predicted molar refractivity (Wildman–Crippen MR) is 114 cm³/mol. The minimum absolute atomic E-state index is 0.719. The van der Waals surface area contributed by atoms with Gasteiger partial charge in [-0.25, -0.2) is 4.98 Å². The second kappa shape index (κ2) is 9.53. The van der Waals surface area contributed by atoms with Crippen LogP contribution in [0.4, 0.5) is 0 Å². The van der Waals surface area contributed by atoms with Crippen LogP contribution >= 0.6 is 31.9 Å². The first-order valence-electron chi connectivity index (χ1n) is 8.92. The third kappa shape index (κ3) is 5.09. The third-order valence-electron chi connectivity index (χ3n) is 4.04. The highest BCUT2D eigenvalue weighted by Gasteiger charge is 2.09. The zero-order valence-corrected chi connectivity index (χ0v) is 18.0. The van der Waals surface area contributed by atoms with E-state index in [1.807, 2.05) is 18.2 Å². The van der Waals surface area contributed by atoms with Crippen LogP contribution in [-0.4, -0.2) is 23.1 Å². The summed E-state index contributed by atoms with van der Waals surface area (Å²) in [5, 5.41) is 3.50. The number of halogens is 2. The fourth-order valence-electron chi connectivity index (χ4n) is 2.79. The first-order chi connectivity index (χ1) is 12.7. The lowest BCUT2D eigenvalue weighted by atomic mass is 10.2. The van der Waals surface area contributed by atoms with E-state index in [2.05, 4.69) is 72.3 Å². The largest absolute Gasteiger partial charge is 0.491 e. The Labute approximate surface area is 171 Å². The SMILES string of the molecule is CCCOc1c(Br)cc(CNCCCc2nc3ccccc3[nH]2)cc1Br. The molecule has 0 atom stereocenters. The van der Waals surface area contributed by atoms with Gasteiger partial charge in [-0.05, 0) is 81.1 Å². The molecule has 0 saturated carbocycles.